The molecule has 2 heterocycles. The zero-order valence-electron chi connectivity index (χ0n) is 11.8. The number of rotatable bonds is 4. The number of nitrogens with zero attached hydrogens (tertiary/aromatic N) is 3. The molecule has 2 unspecified atom stereocenters. The van der Waals surface area contributed by atoms with Gasteiger partial charge in [-0.2, -0.15) is 4.98 Å². The lowest BCUT2D eigenvalue weighted by atomic mass is 9.97. The largest absolute Gasteiger partial charge is 0.466 e. The summed E-state index contributed by atoms with van der Waals surface area (Å²) < 4.78 is 10.3. The second kappa shape index (κ2) is 6.14. The molecule has 0 N–H and O–H groups in total. The number of ether oxygens (including phenoxy) is 1. The Labute approximate surface area is 113 Å². The van der Waals surface area contributed by atoms with Gasteiger partial charge in [-0.25, -0.2) is 0 Å². The molecule has 19 heavy (non-hydrogen) atoms. The number of aromatic nitrogens is 2. The van der Waals surface area contributed by atoms with E-state index in [1.54, 1.807) is 6.92 Å². The Kier molecular flexibility index (Phi) is 4.52. The van der Waals surface area contributed by atoms with E-state index < -0.39 is 0 Å². The van der Waals surface area contributed by atoms with E-state index in [-0.39, 0.29) is 17.9 Å². The summed E-state index contributed by atoms with van der Waals surface area (Å²) in [6, 6.07) is 0.0402. The third-order valence-corrected chi connectivity index (χ3v) is 3.52. The number of hydrogen-bond acceptors (Lipinski definition) is 6. The molecule has 6 heteroatoms. The molecule has 6 nitrogen and oxygen atoms in total. The summed E-state index contributed by atoms with van der Waals surface area (Å²) in [4.78, 5) is 18.3. The summed E-state index contributed by atoms with van der Waals surface area (Å²) in [6.45, 7) is 7.74. The van der Waals surface area contributed by atoms with Gasteiger partial charge in [-0.1, -0.05) is 5.16 Å². The third kappa shape index (κ3) is 3.32. The maximum atomic E-state index is 11.8. The van der Waals surface area contributed by atoms with Crippen molar-refractivity contribution in [1.29, 1.82) is 0 Å². The molecule has 0 bridgehead atoms. The van der Waals surface area contributed by atoms with Gasteiger partial charge in [0.1, 0.15) is 0 Å². The quantitative estimate of drug-likeness (QED) is 0.774. The molecular weight excluding hydrogens is 246 g/mol. The number of carbonyl (C=O) groups excluding carboxylic acids is 1. The molecule has 1 saturated heterocycles. The monoisotopic (exact) mass is 267 g/mol. The molecular formula is C13H21N3O3. The van der Waals surface area contributed by atoms with Crippen molar-refractivity contribution in [1.82, 2.24) is 15.0 Å². The fraction of sp³-hybridized carbons (Fsp3) is 0.769. The Bertz CT molecular complexity index is 433. The molecule has 1 aliphatic heterocycles. The van der Waals surface area contributed by atoms with Gasteiger partial charge in [0.05, 0.1) is 18.6 Å². The van der Waals surface area contributed by atoms with Crippen LogP contribution < -0.4 is 0 Å². The lowest BCUT2D eigenvalue weighted by molar-refractivity contribution is -0.150. The first-order valence-corrected chi connectivity index (χ1v) is 6.82. The summed E-state index contributed by atoms with van der Waals surface area (Å²) in [7, 11) is 0. The number of esters is 1. The molecule has 2 atom stereocenters. The highest BCUT2D eigenvalue weighted by Gasteiger charge is 2.31. The molecule has 0 aromatic carbocycles. The van der Waals surface area contributed by atoms with Crippen LogP contribution in [0, 0.1) is 12.8 Å². The number of likely N-dealkylation sites (tertiary alicyclic amines) is 1. The highest BCUT2D eigenvalue weighted by molar-refractivity contribution is 5.72. The second-order valence-electron chi connectivity index (χ2n) is 4.94. The summed E-state index contributed by atoms with van der Waals surface area (Å²) in [5.41, 5.74) is 0. The number of carbonyl (C=O) groups is 1. The summed E-state index contributed by atoms with van der Waals surface area (Å²) in [5.74, 6) is 1.11. The van der Waals surface area contributed by atoms with E-state index in [1.807, 2.05) is 13.8 Å². The van der Waals surface area contributed by atoms with Crippen LogP contribution in [-0.4, -0.2) is 40.7 Å². The Hall–Kier alpha value is -1.43. The predicted molar refractivity (Wildman–Crippen MR) is 68.4 cm³/mol. The summed E-state index contributed by atoms with van der Waals surface area (Å²) in [6.07, 6.45) is 1.88. The molecule has 2 rings (SSSR count). The fourth-order valence-electron chi connectivity index (χ4n) is 2.45. The average molecular weight is 267 g/mol. The van der Waals surface area contributed by atoms with Crippen molar-refractivity contribution in [2.75, 3.05) is 19.7 Å². The SMILES string of the molecule is CCOC(=O)C1CCCN(C(C)c2nc(C)no2)C1. The van der Waals surface area contributed by atoms with Gasteiger partial charge < -0.3 is 9.26 Å². The minimum atomic E-state index is -0.0962. The maximum absolute atomic E-state index is 11.8. The zero-order chi connectivity index (χ0) is 13.8. The fourth-order valence-corrected chi connectivity index (χ4v) is 2.45. The highest BCUT2D eigenvalue weighted by Crippen LogP contribution is 2.26. The van der Waals surface area contributed by atoms with Gasteiger partial charge in [0.15, 0.2) is 5.82 Å². The Morgan fingerprint density at radius 3 is 3.05 bits per heavy atom. The van der Waals surface area contributed by atoms with Gasteiger partial charge in [0.25, 0.3) is 0 Å². The van der Waals surface area contributed by atoms with E-state index in [4.69, 9.17) is 9.26 Å². The van der Waals surface area contributed by atoms with E-state index in [0.29, 0.717) is 24.9 Å². The molecule has 106 valence electrons. The lowest BCUT2D eigenvalue weighted by Crippen LogP contribution is -2.40. The first-order chi connectivity index (χ1) is 9.11. The smallest absolute Gasteiger partial charge is 0.310 e. The number of aryl methyl sites for hydroxylation is 1. The Morgan fingerprint density at radius 2 is 2.42 bits per heavy atom. The topological polar surface area (TPSA) is 68.5 Å². The minimum absolute atomic E-state index is 0.0402. The van der Waals surface area contributed by atoms with Crippen LogP contribution >= 0.6 is 0 Å². The maximum Gasteiger partial charge on any atom is 0.310 e. The van der Waals surface area contributed by atoms with E-state index in [9.17, 15) is 4.79 Å². The molecule has 1 aliphatic rings. The molecule has 1 aromatic rings. The first-order valence-electron chi connectivity index (χ1n) is 6.82. The molecule has 1 aromatic heterocycles. The first kappa shape index (κ1) is 14.0. The molecule has 0 saturated carbocycles. The summed E-state index contributed by atoms with van der Waals surface area (Å²) in [5, 5.41) is 3.81. The van der Waals surface area contributed by atoms with Crippen molar-refractivity contribution in [3.63, 3.8) is 0 Å². The zero-order valence-corrected chi connectivity index (χ0v) is 11.8. The number of hydrogen-bond donors (Lipinski definition) is 0. The van der Waals surface area contributed by atoms with Gasteiger partial charge >= 0.3 is 5.97 Å². The molecule has 1 fully saturated rings. The van der Waals surface area contributed by atoms with Crippen molar-refractivity contribution in [2.45, 2.75) is 39.7 Å². The van der Waals surface area contributed by atoms with Crippen molar-refractivity contribution in [3.05, 3.63) is 11.7 Å². The van der Waals surface area contributed by atoms with Crippen LogP contribution in [0.4, 0.5) is 0 Å². The van der Waals surface area contributed by atoms with Crippen LogP contribution in [0.5, 0.6) is 0 Å². The van der Waals surface area contributed by atoms with Crippen molar-refractivity contribution in [3.8, 4) is 0 Å². The highest BCUT2D eigenvalue weighted by atomic mass is 16.5. The van der Waals surface area contributed by atoms with Crippen LogP contribution in [0.15, 0.2) is 4.52 Å². The van der Waals surface area contributed by atoms with Crippen LogP contribution in [0.25, 0.3) is 0 Å². The van der Waals surface area contributed by atoms with E-state index in [1.165, 1.54) is 0 Å². The lowest BCUT2D eigenvalue weighted by Gasteiger charge is -2.34. The van der Waals surface area contributed by atoms with Gasteiger partial charge in [0, 0.05) is 6.54 Å². The summed E-state index contributed by atoms with van der Waals surface area (Å²) >= 11 is 0. The van der Waals surface area contributed by atoms with Crippen molar-refractivity contribution >= 4 is 5.97 Å². The second-order valence-corrected chi connectivity index (χ2v) is 4.94. The molecule has 0 radical (unpaired) electrons. The molecule has 0 aliphatic carbocycles. The van der Waals surface area contributed by atoms with Crippen molar-refractivity contribution < 1.29 is 14.1 Å². The normalized spacial score (nSPS) is 22.2. The van der Waals surface area contributed by atoms with Gasteiger partial charge in [-0.3, -0.25) is 9.69 Å². The van der Waals surface area contributed by atoms with Gasteiger partial charge in [0.2, 0.25) is 5.89 Å². The van der Waals surface area contributed by atoms with Gasteiger partial charge in [-0.15, -0.1) is 0 Å². The van der Waals surface area contributed by atoms with E-state index >= 15 is 0 Å². The molecule has 0 amide bonds. The van der Waals surface area contributed by atoms with Gasteiger partial charge in [-0.05, 0) is 40.2 Å². The molecule has 0 spiro atoms. The van der Waals surface area contributed by atoms with Crippen LogP contribution in [0.1, 0.15) is 44.4 Å². The van der Waals surface area contributed by atoms with Crippen LogP contribution in [0.3, 0.4) is 0 Å². The predicted octanol–water partition coefficient (Wildman–Crippen LogP) is 1.71. The Balaban J connectivity index is 1.98. The van der Waals surface area contributed by atoms with Crippen LogP contribution in [0.2, 0.25) is 0 Å². The number of piperidine rings is 1. The Morgan fingerprint density at radius 1 is 1.63 bits per heavy atom. The standard InChI is InChI=1S/C13H21N3O3/c1-4-18-13(17)11-6-5-7-16(8-11)9(2)12-14-10(3)15-19-12/h9,11H,4-8H2,1-3H3. The third-order valence-electron chi connectivity index (χ3n) is 3.52. The van der Waals surface area contributed by atoms with E-state index in [0.717, 1.165) is 19.4 Å². The minimum Gasteiger partial charge on any atom is -0.466 e. The van der Waals surface area contributed by atoms with E-state index in [2.05, 4.69) is 15.0 Å². The van der Waals surface area contributed by atoms with Crippen molar-refractivity contribution in [2.24, 2.45) is 5.92 Å². The average Bonchev–Trinajstić information content (AvgIpc) is 2.85. The van der Waals surface area contributed by atoms with Crippen LogP contribution in [-0.2, 0) is 9.53 Å².